The average molecular weight is 157 g/mol. The molecule has 1 aliphatic rings. The maximum absolute atomic E-state index is 8.75. The smallest absolute Gasteiger partial charge is 0.128 e. The number of benzene rings is 1. The molecule has 1 heterocycles. The molecule has 0 spiro atoms. The number of hydrogen-bond donors (Lipinski definition) is 0. The summed E-state index contributed by atoms with van der Waals surface area (Å²) in [5, 5.41) is 8.75. The van der Waals surface area contributed by atoms with Crippen molar-refractivity contribution in [1.29, 1.82) is 5.26 Å². The molecule has 1 aromatic carbocycles. The summed E-state index contributed by atoms with van der Waals surface area (Å²) in [6.07, 6.45) is 3.83. The van der Waals surface area contributed by atoms with Gasteiger partial charge in [-0.25, -0.2) is 0 Å². The lowest BCUT2D eigenvalue weighted by Crippen LogP contribution is -2.01. The highest BCUT2D eigenvalue weighted by Crippen LogP contribution is 2.25. The zero-order chi connectivity index (χ0) is 8.39. The Morgan fingerprint density at radius 1 is 1.42 bits per heavy atom. The molecule has 2 nitrogen and oxygen atoms in total. The molecule has 0 saturated carbocycles. The summed E-state index contributed by atoms with van der Waals surface area (Å²) in [7, 11) is 0. The summed E-state index contributed by atoms with van der Waals surface area (Å²) in [4.78, 5) is 0. The van der Waals surface area contributed by atoms with Crippen molar-refractivity contribution < 1.29 is 4.74 Å². The van der Waals surface area contributed by atoms with Crippen LogP contribution in [-0.2, 0) is 0 Å². The predicted molar refractivity (Wildman–Crippen MR) is 45.7 cm³/mol. The third kappa shape index (κ3) is 0.960. The van der Waals surface area contributed by atoms with Crippen LogP contribution in [0.1, 0.15) is 11.1 Å². The van der Waals surface area contributed by atoms with Crippen LogP contribution in [0.2, 0.25) is 0 Å². The molecule has 0 amide bonds. The van der Waals surface area contributed by atoms with Gasteiger partial charge in [-0.1, -0.05) is 12.1 Å². The van der Waals surface area contributed by atoms with Gasteiger partial charge >= 0.3 is 0 Å². The minimum absolute atomic E-state index is 0.599. The van der Waals surface area contributed by atoms with E-state index in [0.29, 0.717) is 12.2 Å². The van der Waals surface area contributed by atoms with E-state index in [0.717, 1.165) is 11.3 Å². The van der Waals surface area contributed by atoms with Crippen LogP contribution in [0.25, 0.3) is 6.08 Å². The average Bonchev–Trinajstić information content (AvgIpc) is 2.17. The molecule has 1 aromatic rings. The maximum atomic E-state index is 8.75. The second-order valence-electron chi connectivity index (χ2n) is 2.54. The highest BCUT2D eigenvalue weighted by Gasteiger charge is 2.08. The Morgan fingerprint density at radius 2 is 2.33 bits per heavy atom. The van der Waals surface area contributed by atoms with E-state index >= 15 is 0 Å². The number of nitrogens with zero attached hydrogens (tertiary/aromatic N) is 1. The van der Waals surface area contributed by atoms with Crippen molar-refractivity contribution in [2.45, 2.75) is 0 Å². The molecule has 0 aliphatic carbocycles. The van der Waals surface area contributed by atoms with E-state index in [9.17, 15) is 0 Å². The fourth-order valence-corrected chi connectivity index (χ4v) is 1.24. The van der Waals surface area contributed by atoms with E-state index in [-0.39, 0.29) is 0 Å². The van der Waals surface area contributed by atoms with Crippen molar-refractivity contribution in [3.63, 3.8) is 0 Å². The third-order valence-electron chi connectivity index (χ3n) is 1.81. The summed E-state index contributed by atoms with van der Waals surface area (Å²) in [5.74, 6) is 0.802. The van der Waals surface area contributed by atoms with E-state index in [4.69, 9.17) is 10.00 Å². The maximum Gasteiger partial charge on any atom is 0.128 e. The zero-order valence-corrected chi connectivity index (χ0v) is 6.45. The Balaban J connectivity index is 2.64. The quantitative estimate of drug-likeness (QED) is 0.576. The molecule has 2 heteroatoms. The fourth-order valence-electron chi connectivity index (χ4n) is 1.24. The normalized spacial score (nSPS) is 12.9. The highest BCUT2D eigenvalue weighted by atomic mass is 16.5. The standard InChI is InChI=1S/C10H7NO/c11-7-8-3-1-5-10-9(8)4-2-6-12-10/h1-5H,6H2. The molecule has 0 fully saturated rings. The molecule has 0 aromatic heterocycles. The SMILES string of the molecule is N#Cc1cccc2c1C=CCO2. The van der Waals surface area contributed by atoms with Crippen molar-refractivity contribution >= 4 is 6.08 Å². The van der Waals surface area contributed by atoms with E-state index in [1.54, 1.807) is 6.07 Å². The van der Waals surface area contributed by atoms with Gasteiger partial charge in [0.15, 0.2) is 0 Å². The van der Waals surface area contributed by atoms with Crippen LogP contribution in [0.3, 0.4) is 0 Å². The summed E-state index contributed by atoms with van der Waals surface area (Å²) < 4.78 is 5.33. The molecule has 0 radical (unpaired) electrons. The molecule has 0 atom stereocenters. The number of rotatable bonds is 0. The molecular weight excluding hydrogens is 150 g/mol. The second-order valence-corrected chi connectivity index (χ2v) is 2.54. The van der Waals surface area contributed by atoms with Crippen LogP contribution in [0.5, 0.6) is 5.75 Å². The lowest BCUT2D eigenvalue weighted by molar-refractivity contribution is 0.358. The number of hydrogen-bond acceptors (Lipinski definition) is 2. The van der Waals surface area contributed by atoms with Crippen LogP contribution < -0.4 is 4.74 Å². The molecular formula is C10H7NO. The van der Waals surface area contributed by atoms with Gasteiger partial charge in [0.05, 0.1) is 11.6 Å². The van der Waals surface area contributed by atoms with Crippen LogP contribution >= 0.6 is 0 Å². The highest BCUT2D eigenvalue weighted by molar-refractivity contribution is 5.65. The third-order valence-corrected chi connectivity index (χ3v) is 1.81. The first-order chi connectivity index (χ1) is 5.92. The Hall–Kier alpha value is -1.75. The Labute approximate surface area is 70.7 Å². The summed E-state index contributed by atoms with van der Waals surface area (Å²) in [5.41, 5.74) is 1.56. The van der Waals surface area contributed by atoms with Crippen LogP contribution in [0.15, 0.2) is 24.3 Å². The van der Waals surface area contributed by atoms with Gasteiger partial charge in [0.25, 0.3) is 0 Å². The molecule has 2 rings (SSSR count). The summed E-state index contributed by atoms with van der Waals surface area (Å²) in [6, 6.07) is 7.62. The van der Waals surface area contributed by atoms with Crippen molar-refractivity contribution in [2.75, 3.05) is 6.61 Å². The molecule has 0 bridgehead atoms. The topological polar surface area (TPSA) is 33.0 Å². The minimum atomic E-state index is 0.599. The van der Waals surface area contributed by atoms with Gasteiger partial charge in [-0.3, -0.25) is 0 Å². The molecule has 0 saturated heterocycles. The predicted octanol–water partition coefficient (Wildman–Crippen LogP) is 1.96. The fraction of sp³-hybridized carbons (Fsp3) is 0.100. The summed E-state index contributed by atoms with van der Waals surface area (Å²) in [6.45, 7) is 0.599. The van der Waals surface area contributed by atoms with Crippen molar-refractivity contribution in [3.05, 3.63) is 35.4 Å². The van der Waals surface area contributed by atoms with Crippen LogP contribution in [-0.4, -0.2) is 6.61 Å². The molecule has 12 heavy (non-hydrogen) atoms. The zero-order valence-electron chi connectivity index (χ0n) is 6.45. The Kier molecular flexibility index (Phi) is 1.56. The lowest BCUT2D eigenvalue weighted by Gasteiger charge is -2.12. The molecule has 0 unspecified atom stereocenters. The van der Waals surface area contributed by atoms with Crippen LogP contribution in [0.4, 0.5) is 0 Å². The molecule has 1 aliphatic heterocycles. The van der Waals surface area contributed by atoms with Gasteiger partial charge in [0.2, 0.25) is 0 Å². The Bertz CT molecular complexity index is 374. The largest absolute Gasteiger partial charge is 0.489 e. The number of fused-ring (bicyclic) bond motifs is 1. The first-order valence-corrected chi connectivity index (χ1v) is 3.74. The van der Waals surface area contributed by atoms with Crippen molar-refractivity contribution in [1.82, 2.24) is 0 Å². The first kappa shape index (κ1) is 6.93. The number of ether oxygens (including phenoxy) is 1. The molecule has 0 N–H and O–H groups in total. The lowest BCUT2D eigenvalue weighted by atomic mass is 10.1. The van der Waals surface area contributed by atoms with Gasteiger partial charge in [-0.05, 0) is 18.2 Å². The van der Waals surface area contributed by atoms with E-state index in [2.05, 4.69) is 6.07 Å². The van der Waals surface area contributed by atoms with Gasteiger partial charge in [-0.2, -0.15) is 5.26 Å². The minimum Gasteiger partial charge on any atom is -0.489 e. The van der Waals surface area contributed by atoms with Crippen molar-refractivity contribution in [2.24, 2.45) is 0 Å². The van der Waals surface area contributed by atoms with Gasteiger partial charge in [-0.15, -0.1) is 0 Å². The number of nitriles is 1. The monoisotopic (exact) mass is 157 g/mol. The second kappa shape index (κ2) is 2.71. The van der Waals surface area contributed by atoms with E-state index in [1.165, 1.54) is 0 Å². The van der Waals surface area contributed by atoms with Crippen molar-refractivity contribution in [3.8, 4) is 11.8 Å². The van der Waals surface area contributed by atoms with Crippen LogP contribution in [0, 0.1) is 11.3 Å². The van der Waals surface area contributed by atoms with E-state index < -0.39 is 0 Å². The van der Waals surface area contributed by atoms with Gasteiger partial charge in [0.1, 0.15) is 12.4 Å². The summed E-state index contributed by atoms with van der Waals surface area (Å²) >= 11 is 0. The van der Waals surface area contributed by atoms with Gasteiger partial charge in [0, 0.05) is 5.56 Å². The van der Waals surface area contributed by atoms with Gasteiger partial charge < -0.3 is 4.74 Å². The first-order valence-electron chi connectivity index (χ1n) is 3.74. The van der Waals surface area contributed by atoms with E-state index in [1.807, 2.05) is 24.3 Å². The Morgan fingerprint density at radius 3 is 3.17 bits per heavy atom. The molecule has 58 valence electrons.